The number of aromatic nitrogens is 1. The first-order valence-electron chi connectivity index (χ1n) is 6.72. The van der Waals surface area contributed by atoms with Crippen LogP contribution in [0.25, 0.3) is 0 Å². The smallest absolute Gasteiger partial charge is 0.242 e. The van der Waals surface area contributed by atoms with Gasteiger partial charge >= 0.3 is 0 Å². The van der Waals surface area contributed by atoms with E-state index in [9.17, 15) is 18.3 Å². The summed E-state index contributed by atoms with van der Waals surface area (Å²) in [5.74, 6) is -0.443. The SMILES string of the molecule is O=C1c2ccccc2S(=O)(=O)NC1/C=C(\O)Nc1ccccn1. The lowest BCUT2D eigenvalue weighted by Gasteiger charge is -2.22. The number of aliphatic hydroxyl groups is 1. The van der Waals surface area contributed by atoms with E-state index in [1.165, 1.54) is 18.3 Å². The van der Waals surface area contributed by atoms with E-state index in [2.05, 4.69) is 15.0 Å². The van der Waals surface area contributed by atoms with Crippen molar-refractivity contribution >= 4 is 21.6 Å². The van der Waals surface area contributed by atoms with Crippen molar-refractivity contribution in [2.45, 2.75) is 10.9 Å². The molecule has 118 valence electrons. The first-order valence-corrected chi connectivity index (χ1v) is 8.20. The summed E-state index contributed by atoms with van der Waals surface area (Å²) >= 11 is 0. The quantitative estimate of drug-likeness (QED) is 0.734. The molecule has 23 heavy (non-hydrogen) atoms. The number of sulfonamides is 1. The number of rotatable bonds is 3. The molecule has 0 aliphatic carbocycles. The topological polar surface area (TPSA) is 108 Å². The lowest BCUT2D eigenvalue weighted by Crippen LogP contribution is -2.45. The van der Waals surface area contributed by atoms with Crippen LogP contribution >= 0.6 is 0 Å². The molecule has 7 nitrogen and oxygen atoms in total. The van der Waals surface area contributed by atoms with Crippen LogP contribution in [0.2, 0.25) is 0 Å². The fraction of sp³-hybridized carbons (Fsp3) is 0.0667. The third-order valence-electron chi connectivity index (χ3n) is 3.25. The fourth-order valence-corrected chi connectivity index (χ4v) is 3.59. The van der Waals surface area contributed by atoms with Gasteiger partial charge in [0.05, 0.1) is 4.90 Å². The number of Topliss-reactive ketones (excluding diaryl/α,β-unsaturated/α-hetero) is 1. The van der Waals surface area contributed by atoms with Gasteiger partial charge in [0.2, 0.25) is 10.0 Å². The third kappa shape index (κ3) is 3.08. The van der Waals surface area contributed by atoms with Gasteiger partial charge in [-0.3, -0.25) is 4.79 Å². The molecule has 1 aromatic heterocycles. The normalized spacial score (nSPS) is 19.9. The van der Waals surface area contributed by atoms with E-state index >= 15 is 0 Å². The van der Waals surface area contributed by atoms with Crippen molar-refractivity contribution in [3.05, 3.63) is 66.2 Å². The minimum absolute atomic E-state index is 0.0631. The summed E-state index contributed by atoms with van der Waals surface area (Å²) in [7, 11) is -3.81. The van der Waals surface area contributed by atoms with Crippen molar-refractivity contribution in [1.82, 2.24) is 9.71 Å². The summed E-state index contributed by atoms with van der Waals surface area (Å²) < 4.78 is 26.6. The molecule has 3 rings (SSSR count). The van der Waals surface area contributed by atoms with Gasteiger partial charge in [0.1, 0.15) is 11.9 Å². The second-order valence-electron chi connectivity index (χ2n) is 4.85. The Bertz CT molecular complexity index is 879. The van der Waals surface area contributed by atoms with Gasteiger partial charge in [-0.15, -0.1) is 0 Å². The molecule has 1 aliphatic heterocycles. The molecule has 8 heteroatoms. The van der Waals surface area contributed by atoms with Crippen LogP contribution in [0.5, 0.6) is 0 Å². The number of benzene rings is 1. The molecule has 0 spiro atoms. The van der Waals surface area contributed by atoms with Crippen molar-refractivity contribution in [2.24, 2.45) is 0 Å². The molecule has 0 saturated carbocycles. The van der Waals surface area contributed by atoms with E-state index in [-0.39, 0.29) is 16.3 Å². The Morgan fingerprint density at radius 2 is 1.96 bits per heavy atom. The molecule has 1 atom stereocenters. The van der Waals surface area contributed by atoms with E-state index in [1.807, 2.05) is 0 Å². The summed E-state index contributed by atoms with van der Waals surface area (Å²) in [5, 5.41) is 12.5. The predicted molar refractivity (Wildman–Crippen MR) is 83.5 cm³/mol. The molecular weight excluding hydrogens is 318 g/mol. The van der Waals surface area contributed by atoms with E-state index in [1.54, 1.807) is 30.3 Å². The number of hydrogen-bond acceptors (Lipinski definition) is 6. The van der Waals surface area contributed by atoms with Crippen LogP contribution < -0.4 is 10.0 Å². The fourth-order valence-electron chi connectivity index (χ4n) is 2.23. The van der Waals surface area contributed by atoms with Crippen LogP contribution in [0.3, 0.4) is 0 Å². The van der Waals surface area contributed by atoms with Gasteiger partial charge in [0.15, 0.2) is 11.7 Å². The maximum Gasteiger partial charge on any atom is 0.242 e. The second kappa shape index (κ2) is 5.82. The van der Waals surface area contributed by atoms with Crippen LogP contribution in [-0.4, -0.2) is 30.3 Å². The average molecular weight is 331 g/mol. The Morgan fingerprint density at radius 1 is 1.22 bits per heavy atom. The molecule has 2 heterocycles. The number of aliphatic hydroxyl groups excluding tert-OH is 1. The molecule has 0 saturated heterocycles. The van der Waals surface area contributed by atoms with Crippen LogP contribution in [-0.2, 0) is 10.0 Å². The first kappa shape index (κ1) is 15.2. The molecule has 3 N–H and O–H groups in total. The number of anilines is 1. The van der Waals surface area contributed by atoms with Gasteiger partial charge in [-0.2, -0.15) is 4.72 Å². The molecule has 0 radical (unpaired) electrons. The second-order valence-corrected chi connectivity index (χ2v) is 6.53. The zero-order valence-electron chi connectivity index (χ0n) is 11.8. The van der Waals surface area contributed by atoms with Crippen molar-refractivity contribution in [3.63, 3.8) is 0 Å². The van der Waals surface area contributed by atoms with E-state index in [4.69, 9.17) is 0 Å². The standard InChI is InChI=1S/C15H13N3O4S/c19-14(17-13-7-3-4-8-16-13)9-11-15(20)10-5-1-2-6-12(10)23(21,22)18-11/h1-9,11,18-19H,(H,16,17)/b14-9-. The third-order valence-corrected chi connectivity index (χ3v) is 4.75. The summed E-state index contributed by atoms with van der Waals surface area (Å²) in [6.07, 6.45) is 2.63. The Kier molecular flexibility index (Phi) is 3.85. The number of hydrogen-bond donors (Lipinski definition) is 3. The average Bonchev–Trinajstić information content (AvgIpc) is 2.53. The maximum absolute atomic E-state index is 12.4. The van der Waals surface area contributed by atoms with Crippen molar-refractivity contribution in [3.8, 4) is 0 Å². The largest absolute Gasteiger partial charge is 0.495 e. The molecule has 1 aromatic carbocycles. The Labute approximate surface area is 132 Å². The summed E-state index contributed by atoms with van der Waals surface area (Å²) in [4.78, 5) is 16.3. The molecule has 0 bridgehead atoms. The van der Waals surface area contributed by atoms with Crippen LogP contribution in [0.15, 0.2) is 65.5 Å². The number of ketones is 1. The lowest BCUT2D eigenvalue weighted by atomic mass is 10.0. The molecule has 0 amide bonds. The first-order chi connectivity index (χ1) is 11.0. The minimum Gasteiger partial charge on any atom is -0.495 e. The van der Waals surface area contributed by atoms with Crippen molar-refractivity contribution in [2.75, 3.05) is 5.32 Å². The lowest BCUT2D eigenvalue weighted by molar-refractivity contribution is 0.0963. The van der Waals surface area contributed by atoms with Crippen LogP contribution in [0, 0.1) is 0 Å². The highest BCUT2D eigenvalue weighted by atomic mass is 32.2. The molecular formula is C15H13N3O4S. The van der Waals surface area contributed by atoms with E-state index in [0.29, 0.717) is 5.82 Å². The van der Waals surface area contributed by atoms with Crippen LogP contribution in [0.1, 0.15) is 10.4 Å². The molecule has 1 unspecified atom stereocenters. The van der Waals surface area contributed by atoms with Gasteiger partial charge in [0, 0.05) is 17.8 Å². The number of pyridine rings is 1. The minimum atomic E-state index is -3.81. The van der Waals surface area contributed by atoms with Crippen molar-refractivity contribution in [1.29, 1.82) is 0 Å². The number of fused-ring (bicyclic) bond motifs is 1. The van der Waals surface area contributed by atoms with Gasteiger partial charge in [0.25, 0.3) is 0 Å². The molecule has 1 aliphatic rings. The Morgan fingerprint density at radius 3 is 2.70 bits per heavy atom. The highest BCUT2D eigenvalue weighted by Crippen LogP contribution is 2.23. The van der Waals surface area contributed by atoms with Crippen molar-refractivity contribution < 1.29 is 18.3 Å². The summed E-state index contributed by atoms with van der Waals surface area (Å²) in [5.41, 5.74) is 0.0955. The monoisotopic (exact) mass is 331 g/mol. The molecule has 0 fully saturated rings. The van der Waals surface area contributed by atoms with E-state index in [0.717, 1.165) is 6.08 Å². The Balaban J connectivity index is 1.90. The zero-order chi connectivity index (χ0) is 16.4. The van der Waals surface area contributed by atoms with E-state index < -0.39 is 21.8 Å². The highest BCUT2D eigenvalue weighted by Gasteiger charge is 2.35. The maximum atomic E-state index is 12.4. The zero-order valence-corrected chi connectivity index (χ0v) is 12.6. The highest BCUT2D eigenvalue weighted by molar-refractivity contribution is 7.89. The van der Waals surface area contributed by atoms with Crippen LogP contribution in [0.4, 0.5) is 5.82 Å². The Hall–Kier alpha value is -2.71. The summed E-state index contributed by atoms with van der Waals surface area (Å²) in [6.45, 7) is 0. The van der Waals surface area contributed by atoms with Gasteiger partial charge < -0.3 is 10.4 Å². The number of nitrogens with one attached hydrogen (secondary N) is 2. The summed E-state index contributed by atoms with van der Waals surface area (Å²) in [6, 6.07) is 9.79. The predicted octanol–water partition coefficient (Wildman–Crippen LogP) is 1.44. The number of nitrogens with zero attached hydrogens (tertiary/aromatic N) is 1. The van der Waals surface area contributed by atoms with Gasteiger partial charge in [-0.1, -0.05) is 18.2 Å². The number of carbonyl (C=O) groups excluding carboxylic acids is 1. The molecule has 2 aromatic rings. The van der Waals surface area contributed by atoms with Gasteiger partial charge in [-0.05, 0) is 24.3 Å². The van der Waals surface area contributed by atoms with Gasteiger partial charge in [-0.25, -0.2) is 13.4 Å². The number of carbonyl (C=O) groups is 1.